The van der Waals surface area contributed by atoms with E-state index in [4.69, 9.17) is 12.5 Å². The average Bonchev–Trinajstić information content (AvgIpc) is 3.14. The lowest BCUT2D eigenvalue weighted by molar-refractivity contribution is -0.196. The predicted molar refractivity (Wildman–Crippen MR) is 141 cm³/mol. The summed E-state index contributed by atoms with van der Waals surface area (Å²) in [6, 6.07) is 0. The van der Waals surface area contributed by atoms with Crippen LogP contribution in [0.3, 0.4) is 0 Å². The Morgan fingerprint density at radius 2 is 1.46 bits per heavy atom. The highest BCUT2D eigenvalue weighted by molar-refractivity contribution is 7.81. The molecular weight excluding hydrogens is 608 g/mol. The molecule has 17 heteroatoms. The molecule has 0 radical (unpaired) electrons. The second-order valence-corrected chi connectivity index (χ2v) is 16.1. The molecule has 238 valence electrons. The van der Waals surface area contributed by atoms with Gasteiger partial charge in [0.05, 0.1) is 18.3 Å². The van der Waals surface area contributed by atoms with Gasteiger partial charge >= 0.3 is 37.2 Å². The maximum Gasteiger partial charge on any atom is 0.397 e. The van der Waals surface area contributed by atoms with Crippen molar-refractivity contribution in [3.8, 4) is 0 Å². The standard InChI is InChI=1S/C24H40O14S3/c1-13(4-7-21(25)26)16-5-6-17-22-18(12-20(24(16,17)3)38-41(33,34)35)23(2)9-8-15(36-39(27,28)29)10-14(23)11-19(22)37-40(30,31)32/h13-20,22H,4-12H2,1-3H3,(H,25,26)(H,27,28,29)(H,30,31,32)(H,33,34,35)/t13-,14+,15-,16-,17+,18+,19-,20+,22+,23+,24-/m1/s1. The minimum atomic E-state index is -4.91. The lowest BCUT2D eigenvalue weighted by Gasteiger charge is -2.64. The van der Waals surface area contributed by atoms with Crippen LogP contribution in [-0.4, -0.2) is 68.3 Å². The van der Waals surface area contributed by atoms with E-state index in [2.05, 4.69) is 0 Å². The summed E-state index contributed by atoms with van der Waals surface area (Å²) >= 11 is 0. The number of aliphatic carboxylic acids is 1. The SMILES string of the molecule is C[C@H](CCC(=O)O)[C@H]1CC[C@H]2[C@@H]3[C@H](OS(=O)(=O)O)C[C@@H]4C[C@H](OS(=O)(=O)O)CC[C@]4(C)[C@H]3C[C@H](OS(=O)(=O)O)[C@]12C. The number of carbonyl (C=O) groups is 1. The Morgan fingerprint density at radius 3 is 2.02 bits per heavy atom. The molecule has 41 heavy (non-hydrogen) atoms. The quantitative estimate of drug-likeness (QED) is 0.250. The molecule has 4 N–H and O–H groups in total. The largest absolute Gasteiger partial charge is 0.481 e. The van der Waals surface area contributed by atoms with Crippen LogP contribution in [0.2, 0.25) is 0 Å². The molecule has 0 spiro atoms. The summed E-state index contributed by atoms with van der Waals surface area (Å²) in [5.74, 6) is -2.95. The zero-order valence-corrected chi connectivity index (χ0v) is 25.6. The topological polar surface area (TPSA) is 228 Å². The molecule has 11 atom stereocenters. The van der Waals surface area contributed by atoms with Gasteiger partial charge < -0.3 is 5.11 Å². The zero-order chi connectivity index (χ0) is 30.8. The first-order valence-electron chi connectivity index (χ1n) is 13.8. The number of carboxylic acid groups (broad SMARTS) is 1. The van der Waals surface area contributed by atoms with Crippen molar-refractivity contribution < 1.29 is 61.4 Å². The molecule has 0 aromatic rings. The highest BCUT2D eigenvalue weighted by atomic mass is 32.3. The van der Waals surface area contributed by atoms with Gasteiger partial charge in [0, 0.05) is 11.8 Å². The molecule has 0 amide bonds. The minimum absolute atomic E-state index is 0.0880. The molecule has 4 aliphatic rings. The first-order chi connectivity index (χ1) is 18.6. The molecule has 14 nitrogen and oxygen atoms in total. The third kappa shape index (κ3) is 6.93. The maximum atomic E-state index is 12.1. The molecule has 4 rings (SSSR count). The van der Waals surface area contributed by atoms with Crippen LogP contribution in [0, 0.1) is 46.3 Å². The summed E-state index contributed by atoms with van der Waals surface area (Å²) in [5.41, 5.74) is -1.48. The molecule has 0 aromatic carbocycles. The fourth-order valence-electron chi connectivity index (χ4n) is 9.42. The average molecular weight is 649 g/mol. The number of hydrogen-bond acceptors (Lipinski definition) is 10. The molecule has 0 aromatic heterocycles. The van der Waals surface area contributed by atoms with Crippen molar-refractivity contribution in [1.29, 1.82) is 0 Å². The lowest BCUT2D eigenvalue weighted by Crippen LogP contribution is -2.63. The van der Waals surface area contributed by atoms with E-state index in [1.165, 1.54) is 0 Å². The van der Waals surface area contributed by atoms with E-state index in [1.54, 1.807) is 0 Å². The van der Waals surface area contributed by atoms with E-state index in [-0.39, 0.29) is 55.8 Å². The second kappa shape index (κ2) is 11.2. The van der Waals surface area contributed by atoms with Gasteiger partial charge in [0.25, 0.3) is 0 Å². The van der Waals surface area contributed by atoms with Crippen LogP contribution >= 0.6 is 0 Å². The predicted octanol–water partition coefficient (Wildman–Crippen LogP) is 2.93. The van der Waals surface area contributed by atoms with Crippen LogP contribution < -0.4 is 0 Å². The molecular formula is C24H40O14S3. The fourth-order valence-corrected chi connectivity index (χ4v) is 11.0. The Kier molecular flexibility index (Phi) is 9.02. The molecule has 0 heterocycles. The van der Waals surface area contributed by atoms with Crippen molar-refractivity contribution in [2.75, 3.05) is 0 Å². The second-order valence-electron chi connectivity index (χ2n) is 12.9. The van der Waals surface area contributed by atoms with Gasteiger partial charge in [0.15, 0.2) is 0 Å². The van der Waals surface area contributed by atoms with Gasteiger partial charge in [-0.05, 0) is 92.3 Å². The van der Waals surface area contributed by atoms with Crippen LogP contribution in [0.5, 0.6) is 0 Å². The maximum absolute atomic E-state index is 12.1. The van der Waals surface area contributed by atoms with Gasteiger partial charge in [-0.2, -0.15) is 25.3 Å². The van der Waals surface area contributed by atoms with Gasteiger partial charge in [0.2, 0.25) is 0 Å². The van der Waals surface area contributed by atoms with Gasteiger partial charge in [0.1, 0.15) is 0 Å². The highest BCUT2D eigenvalue weighted by Gasteiger charge is 2.67. The van der Waals surface area contributed by atoms with E-state index in [0.29, 0.717) is 25.7 Å². The van der Waals surface area contributed by atoms with Crippen molar-refractivity contribution in [3.63, 3.8) is 0 Å². The molecule has 0 saturated heterocycles. The summed E-state index contributed by atoms with van der Waals surface area (Å²) in [4.78, 5) is 11.3. The fraction of sp³-hybridized carbons (Fsp3) is 0.958. The molecule has 4 saturated carbocycles. The Hall–Kier alpha value is -0.920. The van der Waals surface area contributed by atoms with Crippen molar-refractivity contribution >= 4 is 37.2 Å². The van der Waals surface area contributed by atoms with E-state index in [1.807, 2.05) is 20.8 Å². The van der Waals surface area contributed by atoms with Crippen LogP contribution in [0.15, 0.2) is 0 Å². The van der Waals surface area contributed by atoms with Gasteiger partial charge in [-0.15, -0.1) is 0 Å². The monoisotopic (exact) mass is 648 g/mol. The Balaban J connectivity index is 1.77. The third-order valence-electron chi connectivity index (χ3n) is 11.0. The summed E-state index contributed by atoms with van der Waals surface area (Å²) in [6.07, 6.45) is -0.492. The van der Waals surface area contributed by atoms with Crippen LogP contribution in [0.4, 0.5) is 0 Å². The van der Waals surface area contributed by atoms with E-state index < -0.39 is 78.1 Å². The van der Waals surface area contributed by atoms with Gasteiger partial charge in [-0.3, -0.25) is 18.5 Å². The van der Waals surface area contributed by atoms with Gasteiger partial charge in [-0.25, -0.2) is 12.5 Å². The Labute approximate surface area is 241 Å². The molecule has 0 aliphatic heterocycles. The highest BCUT2D eigenvalue weighted by Crippen LogP contribution is 2.69. The number of carboxylic acids is 1. The van der Waals surface area contributed by atoms with E-state index in [9.17, 15) is 48.8 Å². The first kappa shape index (κ1) is 33.0. The summed E-state index contributed by atoms with van der Waals surface area (Å²) in [5, 5.41) is 9.23. The molecule has 4 aliphatic carbocycles. The van der Waals surface area contributed by atoms with Crippen molar-refractivity contribution in [2.45, 2.75) is 96.9 Å². The summed E-state index contributed by atoms with van der Waals surface area (Å²) in [7, 11) is -14.6. The van der Waals surface area contributed by atoms with Gasteiger partial charge in [-0.1, -0.05) is 20.8 Å². The normalized spacial score (nSPS) is 42.1. The molecule has 0 bridgehead atoms. The zero-order valence-electron chi connectivity index (χ0n) is 23.2. The molecule has 4 fully saturated rings. The van der Waals surface area contributed by atoms with E-state index >= 15 is 0 Å². The smallest absolute Gasteiger partial charge is 0.397 e. The summed E-state index contributed by atoms with van der Waals surface area (Å²) in [6.45, 7) is 5.70. The van der Waals surface area contributed by atoms with Crippen molar-refractivity contribution in [2.24, 2.45) is 46.3 Å². The van der Waals surface area contributed by atoms with Crippen LogP contribution in [0.25, 0.3) is 0 Å². The minimum Gasteiger partial charge on any atom is -0.481 e. The lowest BCUT2D eigenvalue weighted by atomic mass is 9.43. The molecule has 0 unspecified atom stereocenters. The van der Waals surface area contributed by atoms with Crippen LogP contribution in [0.1, 0.15) is 78.6 Å². The Morgan fingerprint density at radius 1 is 0.854 bits per heavy atom. The van der Waals surface area contributed by atoms with Crippen LogP contribution in [-0.2, 0) is 48.5 Å². The van der Waals surface area contributed by atoms with Crippen molar-refractivity contribution in [3.05, 3.63) is 0 Å². The van der Waals surface area contributed by atoms with E-state index in [0.717, 1.165) is 0 Å². The number of hydrogen-bond donors (Lipinski definition) is 4. The summed E-state index contributed by atoms with van der Waals surface area (Å²) < 4.78 is 115. The first-order valence-corrected chi connectivity index (χ1v) is 17.9. The number of rotatable bonds is 10. The third-order valence-corrected chi connectivity index (χ3v) is 12.5. The van der Waals surface area contributed by atoms with Crippen molar-refractivity contribution in [1.82, 2.24) is 0 Å². The number of fused-ring (bicyclic) bond motifs is 5. The Bertz CT molecular complexity index is 1330.